The molecule has 0 aliphatic rings. The monoisotopic (exact) mass is 246 g/mol. The molecule has 3 nitrogen and oxygen atoms in total. The fraction of sp³-hybridized carbons (Fsp3) is 0.200. The van der Waals surface area contributed by atoms with Crippen LogP contribution in [-0.4, -0.2) is 18.9 Å². The Labute approximate surface area is 94.1 Å². The minimum Gasteiger partial charge on any atom is -0.285 e. The Morgan fingerprint density at radius 1 is 1.27 bits per heavy atom. The molecule has 0 heterocycles. The van der Waals surface area contributed by atoms with Crippen LogP contribution in [0.5, 0.6) is 0 Å². The van der Waals surface area contributed by atoms with Gasteiger partial charge in [-0.3, -0.25) is 4.55 Å². The van der Waals surface area contributed by atoms with Crippen LogP contribution < -0.4 is 0 Å². The zero-order valence-corrected chi connectivity index (χ0v) is 9.50. The Bertz CT molecular complexity index is 434. The van der Waals surface area contributed by atoms with Crippen LogP contribution in [-0.2, 0) is 15.9 Å². The lowest BCUT2D eigenvalue weighted by Gasteiger charge is -1.99. The van der Waals surface area contributed by atoms with Crippen molar-refractivity contribution in [3.8, 4) is 0 Å². The van der Waals surface area contributed by atoms with E-state index in [1.54, 1.807) is 30.3 Å². The van der Waals surface area contributed by atoms with Crippen LogP contribution in [0.25, 0.3) is 6.08 Å². The molecule has 1 N–H and O–H groups in total. The van der Waals surface area contributed by atoms with Gasteiger partial charge in [0.15, 0.2) is 0 Å². The maximum absolute atomic E-state index is 10.6. The summed E-state index contributed by atoms with van der Waals surface area (Å²) in [7, 11) is -3.95. The highest BCUT2D eigenvalue weighted by atomic mass is 35.5. The third-order valence-corrected chi connectivity index (χ3v) is 2.60. The van der Waals surface area contributed by atoms with E-state index in [2.05, 4.69) is 0 Å². The first-order valence-corrected chi connectivity index (χ1v) is 6.42. The van der Waals surface area contributed by atoms with Crippen molar-refractivity contribution in [3.05, 3.63) is 41.5 Å². The molecule has 5 heteroatoms. The van der Waals surface area contributed by atoms with Gasteiger partial charge in [-0.25, -0.2) is 0 Å². The molecule has 0 saturated heterocycles. The highest BCUT2D eigenvalue weighted by molar-refractivity contribution is 7.85. The standard InChI is InChI=1S/C10H11ClO3S/c11-7-1-2-9-3-5-10(6-4-9)8-15(12,13)14/h1-6H,7-8H2,(H,12,13,14). The summed E-state index contributed by atoms with van der Waals surface area (Å²) in [6, 6.07) is 6.84. The molecule has 0 spiro atoms. The van der Waals surface area contributed by atoms with Gasteiger partial charge in [0.2, 0.25) is 0 Å². The molecular weight excluding hydrogens is 236 g/mol. The molecule has 0 fully saturated rings. The summed E-state index contributed by atoms with van der Waals surface area (Å²) in [6.45, 7) is 0. The second-order valence-corrected chi connectivity index (χ2v) is 4.79. The molecule has 1 aromatic rings. The normalized spacial score (nSPS) is 12.1. The smallest absolute Gasteiger partial charge is 0.269 e. The van der Waals surface area contributed by atoms with Crippen LogP contribution in [0.2, 0.25) is 0 Å². The summed E-state index contributed by atoms with van der Waals surface area (Å²) in [5.41, 5.74) is 1.50. The fourth-order valence-electron chi connectivity index (χ4n) is 1.12. The highest BCUT2D eigenvalue weighted by Gasteiger charge is 2.05. The first kappa shape index (κ1) is 12.2. The fourth-order valence-corrected chi connectivity index (χ4v) is 1.82. The van der Waals surface area contributed by atoms with Crippen molar-refractivity contribution in [3.63, 3.8) is 0 Å². The van der Waals surface area contributed by atoms with E-state index in [0.717, 1.165) is 5.56 Å². The lowest BCUT2D eigenvalue weighted by atomic mass is 10.1. The molecule has 0 amide bonds. The van der Waals surface area contributed by atoms with E-state index >= 15 is 0 Å². The van der Waals surface area contributed by atoms with E-state index in [4.69, 9.17) is 16.2 Å². The molecule has 15 heavy (non-hydrogen) atoms. The van der Waals surface area contributed by atoms with Crippen LogP contribution in [0.15, 0.2) is 30.3 Å². The highest BCUT2D eigenvalue weighted by Crippen LogP contribution is 2.09. The third-order valence-electron chi connectivity index (χ3n) is 1.73. The maximum Gasteiger partial charge on any atom is 0.269 e. The molecule has 0 atom stereocenters. The molecule has 0 aromatic heterocycles. The first-order valence-electron chi connectivity index (χ1n) is 4.28. The van der Waals surface area contributed by atoms with Gasteiger partial charge < -0.3 is 0 Å². The van der Waals surface area contributed by atoms with Gasteiger partial charge in [-0.15, -0.1) is 11.6 Å². The molecule has 0 saturated carbocycles. The minimum absolute atomic E-state index is 0.355. The van der Waals surface area contributed by atoms with Crippen LogP contribution in [0.3, 0.4) is 0 Å². The summed E-state index contributed by atoms with van der Waals surface area (Å²) in [4.78, 5) is 0. The lowest BCUT2D eigenvalue weighted by Crippen LogP contribution is -2.01. The first-order chi connectivity index (χ1) is 7.01. The molecule has 0 unspecified atom stereocenters. The Hall–Kier alpha value is -0.840. The van der Waals surface area contributed by atoms with Crippen molar-refractivity contribution in [2.75, 3.05) is 5.88 Å². The Balaban J connectivity index is 2.77. The molecule has 0 bridgehead atoms. The maximum atomic E-state index is 10.6. The number of rotatable bonds is 4. The quantitative estimate of drug-likeness (QED) is 0.655. The van der Waals surface area contributed by atoms with Gasteiger partial charge in [0.1, 0.15) is 5.75 Å². The van der Waals surface area contributed by atoms with Crippen LogP contribution in [0, 0.1) is 0 Å². The van der Waals surface area contributed by atoms with Gasteiger partial charge in [-0.1, -0.05) is 36.4 Å². The minimum atomic E-state index is -3.95. The van der Waals surface area contributed by atoms with Crippen molar-refractivity contribution in [1.82, 2.24) is 0 Å². The Kier molecular flexibility index (Phi) is 4.32. The van der Waals surface area contributed by atoms with Gasteiger partial charge in [-0.05, 0) is 11.1 Å². The predicted octanol–water partition coefficient (Wildman–Crippen LogP) is 2.33. The van der Waals surface area contributed by atoms with Crippen molar-refractivity contribution >= 4 is 27.8 Å². The third kappa shape index (κ3) is 4.97. The molecule has 1 rings (SSSR count). The molecule has 0 radical (unpaired) electrons. The van der Waals surface area contributed by atoms with Gasteiger partial charge in [0.25, 0.3) is 10.1 Å². The van der Waals surface area contributed by atoms with Gasteiger partial charge in [-0.2, -0.15) is 8.42 Å². The number of allylic oxidation sites excluding steroid dienone is 1. The summed E-state index contributed by atoms with van der Waals surface area (Å²) < 4.78 is 29.8. The number of alkyl halides is 1. The average molecular weight is 247 g/mol. The molecular formula is C10H11ClO3S. The largest absolute Gasteiger partial charge is 0.285 e. The Morgan fingerprint density at radius 2 is 1.87 bits per heavy atom. The van der Waals surface area contributed by atoms with Crippen molar-refractivity contribution < 1.29 is 13.0 Å². The number of benzene rings is 1. The molecule has 82 valence electrons. The second kappa shape index (κ2) is 5.30. The Morgan fingerprint density at radius 3 is 2.33 bits per heavy atom. The summed E-state index contributed by atoms with van der Waals surface area (Å²) >= 11 is 5.47. The molecule has 1 aromatic carbocycles. The number of halogens is 1. The zero-order chi connectivity index (χ0) is 11.3. The lowest BCUT2D eigenvalue weighted by molar-refractivity contribution is 0.482. The van der Waals surface area contributed by atoms with Gasteiger partial charge in [0.05, 0.1) is 0 Å². The van der Waals surface area contributed by atoms with E-state index in [9.17, 15) is 8.42 Å². The topological polar surface area (TPSA) is 54.4 Å². The van der Waals surface area contributed by atoms with Crippen LogP contribution in [0.1, 0.15) is 11.1 Å². The van der Waals surface area contributed by atoms with Crippen molar-refractivity contribution in [2.45, 2.75) is 5.75 Å². The summed E-state index contributed by atoms with van der Waals surface area (Å²) in [5, 5.41) is 0. The van der Waals surface area contributed by atoms with E-state index in [1.807, 2.05) is 6.08 Å². The van der Waals surface area contributed by atoms with Gasteiger partial charge >= 0.3 is 0 Å². The van der Waals surface area contributed by atoms with E-state index in [-0.39, 0.29) is 5.75 Å². The zero-order valence-electron chi connectivity index (χ0n) is 7.93. The molecule has 0 aliphatic carbocycles. The summed E-state index contributed by atoms with van der Waals surface area (Å²) in [5.74, 6) is 0.0826. The number of hydrogen-bond donors (Lipinski definition) is 1. The van der Waals surface area contributed by atoms with E-state index < -0.39 is 10.1 Å². The van der Waals surface area contributed by atoms with Crippen LogP contribution in [0.4, 0.5) is 0 Å². The van der Waals surface area contributed by atoms with Crippen LogP contribution >= 0.6 is 11.6 Å². The number of hydrogen-bond acceptors (Lipinski definition) is 2. The second-order valence-electron chi connectivity index (χ2n) is 3.02. The van der Waals surface area contributed by atoms with Gasteiger partial charge in [0, 0.05) is 5.88 Å². The van der Waals surface area contributed by atoms with Crippen molar-refractivity contribution in [1.29, 1.82) is 0 Å². The molecule has 0 aliphatic heterocycles. The van der Waals surface area contributed by atoms with Crippen molar-refractivity contribution in [2.24, 2.45) is 0 Å². The summed E-state index contributed by atoms with van der Waals surface area (Å²) in [6.07, 6.45) is 3.63. The predicted molar refractivity (Wildman–Crippen MR) is 61.4 cm³/mol. The van der Waals surface area contributed by atoms with E-state index in [0.29, 0.717) is 11.4 Å². The van der Waals surface area contributed by atoms with E-state index in [1.165, 1.54) is 0 Å². The SMILES string of the molecule is O=S(=O)(O)Cc1ccc(C=CCCl)cc1. The average Bonchev–Trinajstić information content (AvgIpc) is 2.14.